The molecule has 2 aliphatic rings. The zero-order valence-electron chi connectivity index (χ0n) is 14.3. The van der Waals surface area contributed by atoms with Crippen molar-refractivity contribution in [1.82, 2.24) is 10.2 Å². The summed E-state index contributed by atoms with van der Waals surface area (Å²) in [5.74, 6) is 1.62. The molecule has 2 aromatic rings. The highest BCUT2D eigenvalue weighted by Crippen LogP contribution is 2.28. The van der Waals surface area contributed by atoms with Crippen LogP contribution in [0.3, 0.4) is 0 Å². The first kappa shape index (κ1) is 17.6. The third kappa shape index (κ3) is 3.95. The number of hydrogen-bond donors (Lipinski definition) is 2. The van der Waals surface area contributed by atoms with Crippen LogP contribution in [-0.2, 0) is 4.79 Å². The molecule has 2 amide bonds. The van der Waals surface area contributed by atoms with E-state index in [1.165, 1.54) is 11.8 Å². The molecule has 26 heavy (non-hydrogen) atoms. The highest BCUT2D eigenvalue weighted by Gasteiger charge is 2.38. The molecule has 2 fully saturated rings. The Kier molecular flexibility index (Phi) is 5.28. The molecule has 0 radical (unpaired) electrons. The van der Waals surface area contributed by atoms with Crippen LogP contribution in [0.2, 0.25) is 0 Å². The van der Waals surface area contributed by atoms with Gasteiger partial charge in [0.05, 0.1) is 9.96 Å². The van der Waals surface area contributed by atoms with Gasteiger partial charge >= 0.3 is 0 Å². The SMILES string of the molecule is O=C(CSc1cccs1)Nc1ccc(C(=O)N2C[C@H]3CNC[C@H]3C2)cc1. The van der Waals surface area contributed by atoms with Gasteiger partial charge in [-0.15, -0.1) is 23.1 Å². The second-order valence-electron chi connectivity index (χ2n) is 6.73. The summed E-state index contributed by atoms with van der Waals surface area (Å²) in [4.78, 5) is 26.7. The standard InChI is InChI=1S/C19H21N3O2S2/c23-17(12-26-18-2-1-7-25-18)21-16-5-3-13(4-6-16)19(24)22-10-14-8-20-9-15(14)11-22/h1-7,14-15,20H,8-12H2,(H,21,23)/t14-,15+. The van der Waals surface area contributed by atoms with Gasteiger partial charge in [0, 0.05) is 37.4 Å². The smallest absolute Gasteiger partial charge is 0.253 e. The summed E-state index contributed by atoms with van der Waals surface area (Å²) in [6.07, 6.45) is 0. The van der Waals surface area contributed by atoms with Crippen molar-refractivity contribution in [2.75, 3.05) is 37.2 Å². The summed E-state index contributed by atoms with van der Waals surface area (Å²) in [6, 6.07) is 11.2. The van der Waals surface area contributed by atoms with Crippen LogP contribution in [-0.4, -0.2) is 48.6 Å². The van der Waals surface area contributed by atoms with Crippen molar-refractivity contribution in [1.29, 1.82) is 0 Å². The van der Waals surface area contributed by atoms with Gasteiger partial charge in [0.1, 0.15) is 0 Å². The Morgan fingerprint density at radius 1 is 1.15 bits per heavy atom. The van der Waals surface area contributed by atoms with E-state index in [0.717, 1.165) is 36.1 Å². The Hall–Kier alpha value is -1.83. The number of likely N-dealkylation sites (tertiary alicyclic amines) is 1. The summed E-state index contributed by atoms with van der Waals surface area (Å²) in [7, 11) is 0. The van der Waals surface area contributed by atoms with Crippen molar-refractivity contribution in [2.24, 2.45) is 11.8 Å². The lowest BCUT2D eigenvalue weighted by Gasteiger charge is -2.17. The molecule has 2 saturated heterocycles. The van der Waals surface area contributed by atoms with E-state index in [2.05, 4.69) is 10.6 Å². The molecule has 3 heterocycles. The van der Waals surface area contributed by atoms with E-state index in [9.17, 15) is 9.59 Å². The predicted octanol–water partition coefficient (Wildman–Crippen LogP) is 2.77. The van der Waals surface area contributed by atoms with Crippen molar-refractivity contribution < 1.29 is 9.59 Å². The van der Waals surface area contributed by atoms with Gasteiger partial charge in [-0.05, 0) is 47.5 Å². The first-order valence-electron chi connectivity index (χ1n) is 8.75. The van der Waals surface area contributed by atoms with Crippen LogP contribution in [0, 0.1) is 11.8 Å². The van der Waals surface area contributed by atoms with Gasteiger partial charge in [-0.25, -0.2) is 0 Å². The fraction of sp³-hybridized carbons (Fsp3) is 0.368. The maximum absolute atomic E-state index is 12.7. The van der Waals surface area contributed by atoms with E-state index in [-0.39, 0.29) is 11.8 Å². The van der Waals surface area contributed by atoms with Crippen LogP contribution in [0.5, 0.6) is 0 Å². The lowest BCUT2D eigenvalue weighted by molar-refractivity contribution is -0.113. The number of benzene rings is 1. The Morgan fingerprint density at radius 3 is 2.54 bits per heavy atom. The molecule has 0 bridgehead atoms. The molecule has 2 N–H and O–H groups in total. The molecule has 4 rings (SSSR count). The molecule has 136 valence electrons. The molecular weight excluding hydrogens is 366 g/mol. The van der Waals surface area contributed by atoms with Crippen LogP contribution >= 0.6 is 23.1 Å². The highest BCUT2D eigenvalue weighted by molar-refractivity contribution is 8.01. The van der Waals surface area contributed by atoms with Gasteiger partial charge in [0.25, 0.3) is 5.91 Å². The third-order valence-electron chi connectivity index (χ3n) is 4.93. The molecule has 5 nitrogen and oxygen atoms in total. The number of anilines is 1. The Balaban J connectivity index is 1.30. The number of rotatable bonds is 5. The van der Waals surface area contributed by atoms with Crippen molar-refractivity contribution in [2.45, 2.75) is 4.21 Å². The van der Waals surface area contributed by atoms with E-state index >= 15 is 0 Å². The van der Waals surface area contributed by atoms with Crippen molar-refractivity contribution in [3.8, 4) is 0 Å². The van der Waals surface area contributed by atoms with E-state index in [1.54, 1.807) is 35.6 Å². The topological polar surface area (TPSA) is 61.4 Å². The number of thioether (sulfide) groups is 1. The van der Waals surface area contributed by atoms with Crippen LogP contribution in [0.15, 0.2) is 46.0 Å². The minimum Gasteiger partial charge on any atom is -0.338 e. The maximum Gasteiger partial charge on any atom is 0.253 e. The average molecular weight is 388 g/mol. The number of fused-ring (bicyclic) bond motifs is 1. The highest BCUT2D eigenvalue weighted by atomic mass is 32.2. The second kappa shape index (κ2) is 7.82. The van der Waals surface area contributed by atoms with Gasteiger partial charge in [0.2, 0.25) is 5.91 Å². The zero-order chi connectivity index (χ0) is 17.9. The molecule has 0 aliphatic carbocycles. The minimum atomic E-state index is -0.0395. The van der Waals surface area contributed by atoms with Crippen molar-refractivity contribution in [3.63, 3.8) is 0 Å². The molecule has 1 aromatic heterocycles. The number of carbonyl (C=O) groups excluding carboxylic acids is 2. The Labute approximate surface area is 161 Å². The fourth-order valence-corrected chi connectivity index (χ4v) is 5.16. The van der Waals surface area contributed by atoms with E-state index in [1.807, 2.05) is 22.4 Å². The maximum atomic E-state index is 12.7. The minimum absolute atomic E-state index is 0.0395. The normalized spacial score (nSPS) is 21.6. The molecule has 0 saturated carbocycles. The number of amides is 2. The van der Waals surface area contributed by atoms with Crippen molar-refractivity contribution in [3.05, 3.63) is 47.3 Å². The monoisotopic (exact) mass is 387 g/mol. The number of thiophene rings is 1. The Bertz CT molecular complexity index is 765. The van der Waals surface area contributed by atoms with Crippen molar-refractivity contribution >= 4 is 40.6 Å². The molecule has 2 aliphatic heterocycles. The van der Waals surface area contributed by atoms with E-state index < -0.39 is 0 Å². The van der Waals surface area contributed by atoms with Gasteiger partial charge in [-0.2, -0.15) is 0 Å². The van der Waals surface area contributed by atoms with Crippen LogP contribution in [0.1, 0.15) is 10.4 Å². The van der Waals surface area contributed by atoms with Gasteiger partial charge in [0.15, 0.2) is 0 Å². The number of hydrogen-bond acceptors (Lipinski definition) is 5. The molecule has 0 spiro atoms. The molecule has 7 heteroatoms. The average Bonchev–Trinajstić information content (AvgIpc) is 3.37. The third-order valence-corrected chi connectivity index (χ3v) is 7.06. The Morgan fingerprint density at radius 2 is 1.88 bits per heavy atom. The number of nitrogens with one attached hydrogen (secondary N) is 2. The van der Waals surface area contributed by atoms with Crippen LogP contribution in [0.4, 0.5) is 5.69 Å². The first-order chi connectivity index (χ1) is 12.7. The van der Waals surface area contributed by atoms with Gasteiger partial charge in [-0.3, -0.25) is 9.59 Å². The zero-order valence-corrected chi connectivity index (χ0v) is 15.9. The fourth-order valence-electron chi connectivity index (χ4n) is 3.58. The summed E-state index contributed by atoms with van der Waals surface area (Å²) in [5.41, 5.74) is 1.41. The van der Waals surface area contributed by atoms with E-state index in [4.69, 9.17) is 0 Å². The second-order valence-corrected chi connectivity index (χ2v) is 8.96. The van der Waals surface area contributed by atoms with Gasteiger partial charge in [-0.1, -0.05) is 6.07 Å². The predicted molar refractivity (Wildman–Crippen MR) is 106 cm³/mol. The summed E-state index contributed by atoms with van der Waals surface area (Å²) >= 11 is 3.16. The quantitative estimate of drug-likeness (QED) is 0.775. The summed E-state index contributed by atoms with van der Waals surface area (Å²) < 4.78 is 1.13. The van der Waals surface area contributed by atoms with Crippen LogP contribution < -0.4 is 10.6 Å². The first-order valence-corrected chi connectivity index (χ1v) is 10.6. The summed E-state index contributed by atoms with van der Waals surface area (Å²) in [6.45, 7) is 3.72. The molecule has 0 unspecified atom stereocenters. The molecule has 2 atom stereocenters. The molecular formula is C19H21N3O2S2. The number of carbonyl (C=O) groups is 2. The summed E-state index contributed by atoms with van der Waals surface area (Å²) in [5, 5.41) is 8.27. The largest absolute Gasteiger partial charge is 0.338 e. The number of nitrogens with zero attached hydrogens (tertiary/aromatic N) is 1. The lowest BCUT2D eigenvalue weighted by atomic mass is 10.0. The molecule has 1 aromatic carbocycles. The van der Waals surface area contributed by atoms with E-state index in [0.29, 0.717) is 23.2 Å². The van der Waals surface area contributed by atoms with Gasteiger partial charge < -0.3 is 15.5 Å². The van der Waals surface area contributed by atoms with Crippen LogP contribution in [0.25, 0.3) is 0 Å². The lowest BCUT2D eigenvalue weighted by Crippen LogP contribution is -2.31.